The number of carbonyl (C=O) groups is 1. The van der Waals surface area contributed by atoms with Crippen LogP contribution in [0.1, 0.15) is 34.1 Å². The fraction of sp³-hybridized carbons (Fsp3) is 0.280. The molecule has 0 spiro atoms. The topological polar surface area (TPSA) is 60.5 Å². The summed E-state index contributed by atoms with van der Waals surface area (Å²) in [4.78, 5) is 17.1. The third-order valence-electron chi connectivity index (χ3n) is 4.72. The van der Waals surface area contributed by atoms with E-state index in [1.165, 1.54) is 5.56 Å². The third-order valence-corrected chi connectivity index (χ3v) is 4.72. The number of aromatic nitrogens is 1. The molecule has 3 rings (SSSR count). The van der Waals surface area contributed by atoms with Gasteiger partial charge in [0.25, 0.3) is 5.91 Å². The average molecular weight is 405 g/mol. The van der Waals surface area contributed by atoms with E-state index in [9.17, 15) is 4.79 Å². The monoisotopic (exact) mass is 404 g/mol. The van der Waals surface area contributed by atoms with E-state index < -0.39 is 0 Å². The predicted octanol–water partition coefficient (Wildman–Crippen LogP) is 4.71. The lowest BCUT2D eigenvalue weighted by Crippen LogP contribution is -2.23. The molecule has 3 aromatic rings. The molecule has 5 nitrogen and oxygen atoms in total. The number of amides is 1. The van der Waals surface area contributed by atoms with Crippen LogP contribution in [0.2, 0.25) is 0 Å². The van der Waals surface area contributed by atoms with Gasteiger partial charge in [-0.15, -0.1) is 0 Å². The molecular formula is C25H28N2O3. The number of ether oxygens (including phenoxy) is 2. The molecule has 0 bridgehead atoms. The quantitative estimate of drug-likeness (QED) is 0.591. The van der Waals surface area contributed by atoms with Gasteiger partial charge in [-0.2, -0.15) is 0 Å². The van der Waals surface area contributed by atoms with Crippen molar-refractivity contribution in [2.75, 3.05) is 13.7 Å². The van der Waals surface area contributed by atoms with Crippen molar-refractivity contribution in [3.05, 3.63) is 83.2 Å². The number of hydrogen-bond donors (Lipinski definition) is 1. The minimum absolute atomic E-state index is 0.127. The zero-order valence-corrected chi connectivity index (χ0v) is 17.9. The van der Waals surface area contributed by atoms with Gasteiger partial charge in [-0.25, -0.2) is 0 Å². The number of nitrogens with zero attached hydrogens (tertiary/aromatic N) is 1. The SMILES string of the molecule is COCC(C)Oc1cc(C(=O)NCc2ccc(C)nc2)cc(-c2ccc(C)cc2)c1. The van der Waals surface area contributed by atoms with Crippen molar-refractivity contribution in [3.63, 3.8) is 0 Å². The highest BCUT2D eigenvalue weighted by atomic mass is 16.5. The molecule has 0 fully saturated rings. The van der Waals surface area contributed by atoms with Gasteiger partial charge in [-0.3, -0.25) is 9.78 Å². The Morgan fingerprint density at radius 3 is 2.47 bits per heavy atom. The Morgan fingerprint density at radius 2 is 1.80 bits per heavy atom. The van der Waals surface area contributed by atoms with Gasteiger partial charge in [0, 0.05) is 31.1 Å². The normalized spacial score (nSPS) is 11.7. The van der Waals surface area contributed by atoms with Crippen molar-refractivity contribution in [1.29, 1.82) is 0 Å². The molecule has 1 amide bonds. The molecule has 0 aliphatic carbocycles. The summed E-state index contributed by atoms with van der Waals surface area (Å²) in [6.07, 6.45) is 1.65. The third kappa shape index (κ3) is 5.91. The first kappa shape index (κ1) is 21.5. The van der Waals surface area contributed by atoms with E-state index in [1.807, 2.05) is 50.2 Å². The summed E-state index contributed by atoms with van der Waals surface area (Å²) in [5.41, 5.74) is 5.59. The van der Waals surface area contributed by atoms with Gasteiger partial charge in [-0.1, -0.05) is 35.9 Å². The van der Waals surface area contributed by atoms with Gasteiger partial charge >= 0.3 is 0 Å². The summed E-state index contributed by atoms with van der Waals surface area (Å²) in [6.45, 7) is 6.81. The van der Waals surface area contributed by atoms with Crippen LogP contribution in [0.5, 0.6) is 5.75 Å². The Kier molecular flexibility index (Phi) is 7.20. The molecule has 0 radical (unpaired) electrons. The van der Waals surface area contributed by atoms with E-state index in [0.717, 1.165) is 22.4 Å². The van der Waals surface area contributed by atoms with Crippen molar-refractivity contribution >= 4 is 5.91 Å². The fourth-order valence-electron chi connectivity index (χ4n) is 3.10. The average Bonchev–Trinajstić information content (AvgIpc) is 2.73. The molecule has 1 N–H and O–H groups in total. The first-order chi connectivity index (χ1) is 14.4. The summed E-state index contributed by atoms with van der Waals surface area (Å²) in [7, 11) is 1.64. The van der Waals surface area contributed by atoms with Gasteiger partial charge in [-0.05, 0) is 61.7 Å². The highest BCUT2D eigenvalue weighted by molar-refractivity contribution is 5.96. The highest BCUT2D eigenvalue weighted by Crippen LogP contribution is 2.27. The highest BCUT2D eigenvalue weighted by Gasteiger charge is 2.13. The lowest BCUT2D eigenvalue weighted by Gasteiger charge is -2.16. The van der Waals surface area contributed by atoms with Crippen LogP contribution in [0.25, 0.3) is 11.1 Å². The lowest BCUT2D eigenvalue weighted by molar-refractivity contribution is 0.0911. The molecule has 0 saturated heterocycles. The Labute approximate surface area is 178 Å². The first-order valence-corrected chi connectivity index (χ1v) is 10.0. The smallest absolute Gasteiger partial charge is 0.251 e. The minimum atomic E-state index is -0.159. The molecule has 1 heterocycles. The zero-order valence-electron chi connectivity index (χ0n) is 17.9. The van der Waals surface area contributed by atoms with Gasteiger partial charge < -0.3 is 14.8 Å². The van der Waals surface area contributed by atoms with Crippen molar-refractivity contribution < 1.29 is 14.3 Å². The van der Waals surface area contributed by atoms with Crippen LogP contribution in [0.3, 0.4) is 0 Å². The Balaban J connectivity index is 1.85. The maximum Gasteiger partial charge on any atom is 0.251 e. The summed E-state index contributed by atoms with van der Waals surface area (Å²) < 4.78 is 11.2. The van der Waals surface area contributed by atoms with Crippen molar-refractivity contribution in [3.8, 4) is 16.9 Å². The minimum Gasteiger partial charge on any atom is -0.488 e. The Bertz CT molecular complexity index is 982. The van der Waals surface area contributed by atoms with Gasteiger partial charge in [0.1, 0.15) is 11.9 Å². The number of rotatable bonds is 8. The molecule has 1 aromatic heterocycles. The number of benzene rings is 2. The molecule has 2 aromatic carbocycles. The molecule has 5 heteroatoms. The summed E-state index contributed by atoms with van der Waals surface area (Å²) in [5, 5.41) is 2.97. The number of pyridine rings is 1. The van der Waals surface area contributed by atoms with Crippen LogP contribution in [0.4, 0.5) is 0 Å². The fourth-order valence-corrected chi connectivity index (χ4v) is 3.10. The van der Waals surface area contributed by atoms with E-state index in [0.29, 0.717) is 24.5 Å². The van der Waals surface area contributed by atoms with Crippen LogP contribution in [-0.4, -0.2) is 30.7 Å². The largest absolute Gasteiger partial charge is 0.488 e. The van der Waals surface area contributed by atoms with E-state index in [1.54, 1.807) is 19.4 Å². The number of nitrogens with one attached hydrogen (secondary N) is 1. The number of methoxy groups -OCH3 is 1. The maximum atomic E-state index is 12.9. The Hall–Kier alpha value is -3.18. The van der Waals surface area contributed by atoms with Crippen LogP contribution in [-0.2, 0) is 11.3 Å². The maximum absolute atomic E-state index is 12.9. The predicted molar refractivity (Wildman–Crippen MR) is 119 cm³/mol. The first-order valence-electron chi connectivity index (χ1n) is 10.0. The molecule has 0 aliphatic rings. The second-order valence-corrected chi connectivity index (χ2v) is 7.49. The van der Waals surface area contributed by atoms with Crippen LogP contribution in [0.15, 0.2) is 60.8 Å². The summed E-state index contributed by atoms with van der Waals surface area (Å²) in [5.74, 6) is 0.480. The standard InChI is InChI=1S/C25H28N2O3/c1-17-5-9-21(10-6-17)22-11-23(13-24(12-22)30-19(3)16-29-4)25(28)27-15-20-8-7-18(2)26-14-20/h5-14,19H,15-16H2,1-4H3,(H,27,28). The van der Waals surface area contributed by atoms with E-state index >= 15 is 0 Å². The second kappa shape index (κ2) is 10.0. The van der Waals surface area contributed by atoms with Crippen molar-refractivity contribution in [1.82, 2.24) is 10.3 Å². The zero-order chi connectivity index (χ0) is 21.5. The summed E-state index contributed by atoms with van der Waals surface area (Å²) >= 11 is 0. The van der Waals surface area contributed by atoms with E-state index in [4.69, 9.17) is 9.47 Å². The van der Waals surface area contributed by atoms with Crippen LogP contribution < -0.4 is 10.1 Å². The van der Waals surface area contributed by atoms with Gasteiger partial charge in [0.15, 0.2) is 0 Å². The van der Waals surface area contributed by atoms with Crippen LogP contribution >= 0.6 is 0 Å². The number of carbonyl (C=O) groups excluding carboxylic acids is 1. The molecule has 1 unspecified atom stereocenters. The molecule has 156 valence electrons. The van der Waals surface area contributed by atoms with Crippen molar-refractivity contribution in [2.45, 2.75) is 33.4 Å². The molecule has 0 saturated carbocycles. The van der Waals surface area contributed by atoms with Gasteiger partial charge in [0.2, 0.25) is 0 Å². The molecule has 0 aliphatic heterocycles. The lowest BCUT2D eigenvalue weighted by atomic mass is 10.0. The molecule has 30 heavy (non-hydrogen) atoms. The number of aryl methyl sites for hydroxylation is 2. The summed E-state index contributed by atoms with van der Waals surface area (Å²) in [6, 6.07) is 17.7. The Morgan fingerprint density at radius 1 is 1.03 bits per heavy atom. The number of hydrogen-bond acceptors (Lipinski definition) is 4. The van der Waals surface area contributed by atoms with E-state index in [2.05, 4.69) is 29.4 Å². The van der Waals surface area contributed by atoms with Crippen molar-refractivity contribution in [2.24, 2.45) is 0 Å². The molecular weight excluding hydrogens is 376 g/mol. The van der Waals surface area contributed by atoms with E-state index in [-0.39, 0.29) is 12.0 Å². The molecule has 1 atom stereocenters. The second-order valence-electron chi connectivity index (χ2n) is 7.49. The van der Waals surface area contributed by atoms with Gasteiger partial charge in [0.05, 0.1) is 6.61 Å². The van der Waals surface area contributed by atoms with Crippen LogP contribution in [0, 0.1) is 13.8 Å².